The largest absolute Gasteiger partial charge is 0.481 e. The van der Waals surface area contributed by atoms with Crippen LogP contribution in [0.3, 0.4) is 0 Å². The molecule has 20 heavy (non-hydrogen) atoms. The highest BCUT2D eigenvalue weighted by Gasteiger charge is 2.07. The van der Waals surface area contributed by atoms with Crippen molar-refractivity contribution >= 4 is 5.97 Å². The lowest BCUT2D eigenvalue weighted by atomic mass is 10.0. The molecule has 0 aromatic heterocycles. The number of aliphatic carboxylic acids is 1. The molecule has 0 bridgehead atoms. The van der Waals surface area contributed by atoms with E-state index in [1.807, 2.05) is 24.3 Å². The Labute approximate surface area is 121 Å². The van der Waals surface area contributed by atoms with Crippen molar-refractivity contribution in [2.24, 2.45) is 0 Å². The number of hydrogen-bond acceptors (Lipinski definition) is 3. The van der Waals surface area contributed by atoms with Gasteiger partial charge in [-0.05, 0) is 31.5 Å². The summed E-state index contributed by atoms with van der Waals surface area (Å²) < 4.78 is 0. The van der Waals surface area contributed by atoms with Gasteiger partial charge in [-0.3, -0.25) is 4.79 Å². The predicted octanol–water partition coefficient (Wildman–Crippen LogP) is 2.13. The monoisotopic (exact) mass is 278 g/mol. The summed E-state index contributed by atoms with van der Waals surface area (Å²) >= 11 is 0. The Balaban J connectivity index is 2.40. The van der Waals surface area contributed by atoms with Gasteiger partial charge >= 0.3 is 5.97 Å². The number of carboxylic acid groups (broad SMARTS) is 1. The van der Waals surface area contributed by atoms with Crippen LogP contribution in [0.15, 0.2) is 24.3 Å². The van der Waals surface area contributed by atoms with Crippen molar-refractivity contribution in [3.8, 4) is 0 Å². The van der Waals surface area contributed by atoms with Gasteiger partial charge in [0.1, 0.15) is 0 Å². The van der Waals surface area contributed by atoms with Crippen LogP contribution in [0.2, 0.25) is 0 Å². The highest BCUT2D eigenvalue weighted by atomic mass is 16.4. The standard InChI is InChI=1S/C16H26N2O2/c1-4-13(2)18(3)10-9-17-12-15-8-6-5-7-14(15)11-16(19)20/h5-8,13,17H,4,9-12H2,1-3H3,(H,19,20). The second-order valence-corrected chi connectivity index (χ2v) is 5.25. The van der Waals surface area contributed by atoms with Gasteiger partial charge in [0.05, 0.1) is 6.42 Å². The summed E-state index contributed by atoms with van der Waals surface area (Å²) in [6.07, 6.45) is 1.24. The molecule has 1 unspecified atom stereocenters. The summed E-state index contributed by atoms with van der Waals surface area (Å²) in [4.78, 5) is 13.2. The highest BCUT2D eigenvalue weighted by Crippen LogP contribution is 2.09. The maximum atomic E-state index is 10.8. The molecule has 0 aliphatic heterocycles. The molecule has 0 spiro atoms. The molecular weight excluding hydrogens is 252 g/mol. The molecule has 0 saturated carbocycles. The van der Waals surface area contributed by atoms with E-state index < -0.39 is 5.97 Å². The van der Waals surface area contributed by atoms with Gasteiger partial charge in [-0.15, -0.1) is 0 Å². The maximum Gasteiger partial charge on any atom is 0.307 e. The molecule has 1 aromatic rings. The molecule has 0 saturated heterocycles. The molecule has 4 heteroatoms. The van der Waals surface area contributed by atoms with E-state index in [2.05, 4.69) is 31.1 Å². The summed E-state index contributed by atoms with van der Waals surface area (Å²) in [7, 11) is 2.13. The van der Waals surface area contributed by atoms with Gasteiger partial charge in [0.2, 0.25) is 0 Å². The normalized spacial score (nSPS) is 12.6. The third-order valence-corrected chi connectivity index (χ3v) is 3.76. The van der Waals surface area contributed by atoms with Crippen LogP contribution in [0.5, 0.6) is 0 Å². The minimum absolute atomic E-state index is 0.0879. The summed E-state index contributed by atoms with van der Waals surface area (Å²) in [6, 6.07) is 8.31. The van der Waals surface area contributed by atoms with Crippen LogP contribution >= 0.6 is 0 Å². The minimum Gasteiger partial charge on any atom is -0.481 e. The van der Waals surface area contributed by atoms with Crippen molar-refractivity contribution in [3.05, 3.63) is 35.4 Å². The van der Waals surface area contributed by atoms with Gasteiger partial charge in [0.25, 0.3) is 0 Å². The van der Waals surface area contributed by atoms with Crippen LogP contribution in [0.1, 0.15) is 31.4 Å². The van der Waals surface area contributed by atoms with Crippen molar-refractivity contribution < 1.29 is 9.90 Å². The molecule has 0 fully saturated rings. The van der Waals surface area contributed by atoms with E-state index in [4.69, 9.17) is 5.11 Å². The molecule has 1 atom stereocenters. The lowest BCUT2D eigenvalue weighted by molar-refractivity contribution is -0.136. The van der Waals surface area contributed by atoms with E-state index >= 15 is 0 Å². The van der Waals surface area contributed by atoms with Crippen LogP contribution in [0, 0.1) is 0 Å². The molecule has 1 rings (SSSR count). The summed E-state index contributed by atoms with van der Waals surface area (Å²) in [5, 5.41) is 12.3. The lowest BCUT2D eigenvalue weighted by Crippen LogP contribution is -2.34. The van der Waals surface area contributed by atoms with E-state index in [1.54, 1.807) is 0 Å². The molecule has 0 aliphatic carbocycles. The van der Waals surface area contributed by atoms with E-state index in [0.29, 0.717) is 6.04 Å². The number of rotatable bonds is 9. The topological polar surface area (TPSA) is 52.6 Å². The smallest absolute Gasteiger partial charge is 0.307 e. The van der Waals surface area contributed by atoms with Crippen molar-refractivity contribution in [1.82, 2.24) is 10.2 Å². The summed E-state index contributed by atoms with van der Waals surface area (Å²) in [6.45, 7) is 7.04. The zero-order valence-electron chi connectivity index (χ0n) is 12.7. The first-order chi connectivity index (χ1) is 9.54. The van der Waals surface area contributed by atoms with Crippen molar-refractivity contribution in [3.63, 3.8) is 0 Å². The Morgan fingerprint density at radius 3 is 2.60 bits per heavy atom. The second-order valence-electron chi connectivity index (χ2n) is 5.25. The van der Waals surface area contributed by atoms with Crippen LogP contribution < -0.4 is 5.32 Å². The van der Waals surface area contributed by atoms with Gasteiger partial charge in [-0.1, -0.05) is 31.2 Å². The average Bonchev–Trinajstić information content (AvgIpc) is 2.43. The molecule has 1 aromatic carbocycles. The fourth-order valence-corrected chi connectivity index (χ4v) is 2.08. The van der Waals surface area contributed by atoms with Crippen LogP contribution in [0.25, 0.3) is 0 Å². The van der Waals surface area contributed by atoms with E-state index in [9.17, 15) is 4.79 Å². The second kappa shape index (κ2) is 8.72. The van der Waals surface area contributed by atoms with Gasteiger partial charge in [-0.25, -0.2) is 0 Å². The molecule has 112 valence electrons. The minimum atomic E-state index is -0.783. The van der Waals surface area contributed by atoms with Gasteiger partial charge < -0.3 is 15.3 Å². The first-order valence-electron chi connectivity index (χ1n) is 7.24. The molecule has 0 amide bonds. The summed E-state index contributed by atoms with van der Waals surface area (Å²) in [5.41, 5.74) is 1.96. The SMILES string of the molecule is CCC(C)N(C)CCNCc1ccccc1CC(=O)O. The first kappa shape index (κ1) is 16.7. The number of nitrogens with zero attached hydrogens (tertiary/aromatic N) is 1. The quantitative estimate of drug-likeness (QED) is 0.680. The first-order valence-corrected chi connectivity index (χ1v) is 7.24. The molecule has 0 aliphatic rings. The molecule has 2 N–H and O–H groups in total. The van der Waals surface area contributed by atoms with Crippen LogP contribution in [-0.4, -0.2) is 42.2 Å². The lowest BCUT2D eigenvalue weighted by Gasteiger charge is -2.23. The van der Waals surface area contributed by atoms with Crippen molar-refractivity contribution in [2.75, 3.05) is 20.1 Å². The number of likely N-dealkylation sites (N-methyl/N-ethyl adjacent to an activating group) is 1. The predicted molar refractivity (Wildman–Crippen MR) is 81.9 cm³/mol. The van der Waals surface area contributed by atoms with Crippen LogP contribution in [-0.2, 0) is 17.8 Å². The van der Waals surface area contributed by atoms with Crippen molar-refractivity contribution in [2.45, 2.75) is 39.3 Å². The third-order valence-electron chi connectivity index (χ3n) is 3.76. The molecule has 0 heterocycles. The van der Waals surface area contributed by atoms with E-state index in [1.165, 1.54) is 0 Å². The zero-order valence-corrected chi connectivity index (χ0v) is 12.7. The van der Waals surface area contributed by atoms with Crippen molar-refractivity contribution in [1.29, 1.82) is 0 Å². The molecule has 0 radical (unpaired) electrons. The Kier molecular flexibility index (Phi) is 7.26. The molecule has 4 nitrogen and oxygen atoms in total. The molecular formula is C16H26N2O2. The number of hydrogen-bond donors (Lipinski definition) is 2. The van der Waals surface area contributed by atoms with E-state index in [-0.39, 0.29) is 6.42 Å². The van der Waals surface area contributed by atoms with Gasteiger partial charge in [0.15, 0.2) is 0 Å². The van der Waals surface area contributed by atoms with E-state index in [0.717, 1.165) is 37.2 Å². The highest BCUT2D eigenvalue weighted by molar-refractivity contribution is 5.70. The maximum absolute atomic E-state index is 10.8. The Hall–Kier alpha value is -1.39. The van der Waals surface area contributed by atoms with Gasteiger partial charge in [0, 0.05) is 25.7 Å². The van der Waals surface area contributed by atoms with Crippen LogP contribution in [0.4, 0.5) is 0 Å². The zero-order chi connectivity index (χ0) is 15.0. The average molecular weight is 278 g/mol. The fourth-order valence-electron chi connectivity index (χ4n) is 2.08. The number of carboxylic acids is 1. The van der Waals surface area contributed by atoms with Gasteiger partial charge in [-0.2, -0.15) is 0 Å². The number of nitrogens with one attached hydrogen (secondary N) is 1. The number of benzene rings is 1. The fraction of sp³-hybridized carbons (Fsp3) is 0.562. The third kappa shape index (κ3) is 5.72. The summed E-state index contributed by atoms with van der Waals surface area (Å²) in [5.74, 6) is -0.783. The number of carbonyl (C=O) groups is 1. The Morgan fingerprint density at radius 2 is 2.00 bits per heavy atom. The Bertz CT molecular complexity index is 421. The Morgan fingerprint density at radius 1 is 1.35 bits per heavy atom.